The zero-order chi connectivity index (χ0) is 21.6. The number of carbonyl (C=O) groups is 2. The first kappa shape index (κ1) is 22.5. The van der Waals surface area contributed by atoms with Crippen molar-refractivity contribution in [2.45, 2.75) is 38.8 Å². The van der Waals surface area contributed by atoms with Crippen molar-refractivity contribution in [3.8, 4) is 0 Å². The summed E-state index contributed by atoms with van der Waals surface area (Å²) in [7, 11) is 0. The van der Waals surface area contributed by atoms with Crippen molar-refractivity contribution >= 4 is 29.3 Å². The Kier molecular flexibility index (Phi) is 7.45. The third kappa shape index (κ3) is 7.62. The number of rotatable bonds is 6. The lowest BCUT2D eigenvalue weighted by atomic mass is 10.0. The standard InChI is InChI=1S/C21H25ClFN3O3/c1-21(2,3)29-20(28)25-12-16(10-13-5-4-6-15(23)9-13)26-19(27)14-7-8-17(22)18(24)11-14/h4-9,11,16H,10,12,24H2,1-3H3,(H,25,28)(H,26,27). The highest BCUT2D eigenvalue weighted by molar-refractivity contribution is 6.33. The molecule has 29 heavy (non-hydrogen) atoms. The summed E-state index contributed by atoms with van der Waals surface area (Å²) in [6, 6.07) is 10.1. The first-order chi connectivity index (χ1) is 13.5. The lowest BCUT2D eigenvalue weighted by Crippen LogP contribution is -2.46. The predicted octanol–water partition coefficient (Wildman–Crippen LogP) is 3.93. The van der Waals surface area contributed by atoms with E-state index in [1.807, 2.05) is 0 Å². The second-order valence-corrected chi connectivity index (χ2v) is 8.03. The van der Waals surface area contributed by atoms with Crippen LogP contribution in [0.3, 0.4) is 0 Å². The van der Waals surface area contributed by atoms with E-state index in [4.69, 9.17) is 22.1 Å². The number of benzene rings is 2. The van der Waals surface area contributed by atoms with Crippen LogP contribution in [0.25, 0.3) is 0 Å². The van der Waals surface area contributed by atoms with Crippen LogP contribution < -0.4 is 16.4 Å². The van der Waals surface area contributed by atoms with Crippen LogP contribution in [0.15, 0.2) is 42.5 Å². The van der Waals surface area contributed by atoms with Gasteiger partial charge in [0, 0.05) is 12.1 Å². The van der Waals surface area contributed by atoms with Gasteiger partial charge in [-0.15, -0.1) is 0 Å². The molecule has 8 heteroatoms. The van der Waals surface area contributed by atoms with Crippen LogP contribution in [0, 0.1) is 5.82 Å². The van der Waals surface area contributed by atoms with E-state index in [9.17, 15) is 14.0 Å². The van der Waals surface area contributed by atoms with Gasteiger partial charge >= 0.3 is 6.09 Å². The van der Waals surface area contributed by atoms with Crippen molar-refractivity contribution in [3.05, 3.63) is 64.4 Å². The Morgan fingerprint density at radius 1 is 1.21 bits per heavy atom. The molecule has 0 spiro atoms. The van der Waals surface area contributed by atoms with Crippen LogP contribution in [-0.4, -0.2) is 30.2 Å². The molecule has 0 heterocycles. The first-order valence-corrected chi connectivity index (χ1v) is 9.48. The molecule has 0 radical (unpaired) electrons. The maximum Gasteiger partial charge on any atom is 0.407 e. The van der Waals surface area contributed by atoms with Crippen molar-refractivity contribution in [1.82, 2.24) is 10.6 Å². The minimum absolute atomic E-state index is 0.0975. The van der Waals surface area contributed by atoms with Crippen LogP contribution in [0.2, 0.25) is 5.02 Å². The molecular weight excluding hydrogens is 397 g/mol. The number of hydrogen-bond donors (Lipinski definition) is 3. The van der Waals surface area contributed by atoms with Gasteiger partial charge < -0.3 is 21.1 Å². The summed E-state index contributed by atoms with van der Waals surface area (Å²) in [6.45, 7) is 5.36. The van der Waals surface area contributed by atoms with Crippen LogP contribution in [0.4, 0.5) is 14.9 Å². The van der Waals surface area contributed by atoms with E-state index in [2.05, 4.69) is 10.6 Å². The van der Waals surface area contributed by atoms with Gasteiger partial charge in [-0.05, 0) is 63.1 Å². The number of halogens is 2. The lowest BCUT2D eigenvalue weighted by molar-refractivity contribution is 0.0519. The molecule has 0 aliphatic heterocycles. The predicted molar refractivity (Wildman–Crippen MR) is 111 cm³/mol. The molecule has 0 aliphatic rings. The molecule has 2 aromatic rings. The maximum atomic E-state index is 13.5. The van der Waals surface area contributed by atoms with Gasteiger partial charge in [-0.25, -0.2) is 9.18 Å². The van der Waals surface area contributed by atoms with Crippen LogP contribution in [-0.2, 0) is 11.2 Å². The maximum absolute atomic E-state index is 13.5. The van der Waals surface area contributed by atoms with Gasteiger partial charge in [-0.3, -0.25) is 4.79 Å². The first-order valence-electron chi connectivity index (χ1n) is 9.10. The quantitative estimate of drug-likeness (QED) is 0.616. The Labute approximate surface area is 174 Å². The largest absolute Gasteiger partial charge is 0.444 e. The molecule has 156 valence electrons. The average Bonchev–Trinajstić information content (AvgIpc) is 2.60. The number of ether oxygens (including phenoxy) is 1. The Morgan fingerprint density at radius 2 is 1.93 bits per heavy atom. The topological polar surface area (TPSA) is 93.5 Å². The number of nitrogen functional groups attached to an aromatic ring is 1. The van der Waals surface area contributed by atoms with Crippen molar-refractivity contribution in [2.24, 2.45) is 0 Å². The number of nitrogens with one attached hydrogen (secondary N) is 2. The highest BCUT2D eigenvalue weighted by atomic mass is 35.5. The molecule has 2 amide bonds. The van der Waals surface area contributed by atoms with E-state index in [0.717, 1.165) is 0 Å². The second kappa shape index (κ2) is 9.60. The number of anilines is 1. The second-order valence-electron chi connectivity index (χ2n) is 7.62. The Bertz CT molecular complexity index is 884. The molecule has 0 aliphatic carbocycles. The molecular formula is C21H25ClFN3O3. The van der Waals surface area contributed by atoms with Crippen molar-refractivity contribution in [1.29, 1.82) is 0 Å². The van der Waals surface area contributed by atoms with E-state index in [-0.39, 0.29) is 24.0 Å². The average molecular weight is 422 g/mol. The SMILES string of the molecule is CC(C)(C)OC(=O)NCC(Cc1cccc(F)c1)NC(=O)c1ccc(Cl)c(N)c1. The molecule has 1 unspecified atom stereocenters. The molecule has 0 aromatic heterocycles. The van der Waals surface area contributed by atoms with Crippen molar-refractivity contribution in [3.63, 3.8) is 0 Å². The minimum atomic E-state index is -0.647. The Hall–Kier alpha value is -2.80. The van der Waals surface area contributed by atoms with Crippen LogP contribution in [0.1, 0.15) is 36.7 Å². The molecule has 0 saturated carbocycles. The van der Waals surface area contributed by atoms with Gasteiger partial charge in [0.15, 0.2) is 0 Å². The molecule has 6 nitrogen and oxygen atoms in total. The minimum Gasteiger partial charge on any atom is -0.444 e. The highest BCUT2D eigenvalue weighted by Gasteiger charge is 2.20. The zero-order valence-corrected chi connectivity index (χ0v) is 17.3. The Morgan fingerprint density at radius 3 is 2.55 bits per heavy atom. The highest BCUT2D eigenvalue weighted by Crippen LogP contribution is 2.19. The molecule has 0 fully saturated rings. The van der Waals surface area contributed by atoms with E-state index in [0.29, 0.717) is 22.6 Å². The fraction of sp³-hybridized carbons (Fsp3) is 0.333. The number of hydrogen-bond acceptors (Lipinski definition) is 4. The van der Waals surface area contributed by atoms with E-state index >= 15 is 0 Å². The van der Waals surface area contributed by atoms with Crippen LogP contribution in [0.5, 0.6) is 0 Å². The van der Waals surface area contributed by atoms with Gasteiger partial charge in [-0.1, -0.05) is 23.7 Å². The smallest absolute Gasteiger partial charge is 0.407 e. The molecule has 1 atom stereocenters. The van der Waals surface area contributed by atoms with E-state index in [1.165, 1.54) is 24.3 Å². The van der Waals surface area contributed by atoms with Gasteiger partial charge in [-0.2, -0.15) is 0 Å². The van der Waals surface area contributed by atoms with Gasteiger partial charge in [0.1, 0.15) is 11.4 Å². The third-order valence-electron chi connectivity index (χ3n) is 3.86. The summed E-state index contributed by atoms with van der Waals surface area (Å²) in [5.74, 6) is -0.765. The lowest BCUT2D eigenvalue weighted by Gasteiger charge is -2.23. The normalized spacial score (nSPS) is 12.2. The van der Waals surface area contributed by atoms with Gasteiger partial charge in [0.2, 0.25) is 0 Å². The van der Waals surface area contributed by atoms with Gasteiger partial charge in [0.05, 0.1) is 16.8 Å². The fourth-order valence-corrected chi connectivity index (χ4v) is 2.71. The molecule has 0 saturated heterocycles. The number of amides is 2. The molecule has 2 aromatic carbocycles. The summed E-state index contributed by atoms with van der Waals surface area (Å²) < 4.78 is 18.7. The number of nitrogens with two attached hydrogens (primary N) is 1. The van der Waals surface area contributed by atoms with Gasteiger partial charge in [0.25, 0.3) is 5.91 Å². The summed E-state index contributed by atoms with van der Waals surface area (Å²) in [5.41, 5.74) is 6.40. The van der Waals surface area contributed by atoms with E-state index in [1.54, 1.807) is 39.0 Å². The van der Waals surface area contributed by atoms with Crippen LogP contribution >= 0.6 is 11.6 Å². The fourth-order valence-electron chi connectivity index (χ4n) is 2.60. The Balaban J connectivity index is 2.11. The number of carbonyl (C=O) groups excluding carboxylic acids is 2. The summed E-state index contributed by atoms with van der Waals surface area (Å²) in [5, 5.41) is 5.82. The zero-order valence-electron chi connectivity index (χ0n) is 16.6. The number of alkyl carbamates (subject to hydrolysis) is 1. The molecule has 2 rings (SSSR count). The summed E-state index contributed by atoms with van der Waals surface area (Å²) >= 11 is 5.90. The molecule has 0 bridgehead atoms. The van der Waals surface area contributed by atoms with E-state index < -0.39 is 17.7 Å². The van der Waals surface area contributed by atoms with Crippen molar-refractivity contribution < 1.29 is 18.7 Å². The third-order valence-corrected chi connectivity index (χ3v) is 4.20. The summed E-state index contributed by atoms with van der Waals surface area (Å²) in [6.07, 6.45) is -0.297. The monoisotopic (exact) mass is 421 g/mol. The van der Waals surface area contributed by atoms with Crippen molar-refractivity contribution in [2.75, 3.05) is 12.3 Å². The summed E-state index contributed by atoms with van der Waals surface area (Å²) in [4.78, 5) is 24.6. The molecule has 4 N–H and O–H groups in total.